The first kappa shape index (κ1) is 18.3. The van der Waals surface area contributed by atoms with Crippen LogP contribution in [0.4, 0.5) is 5.82 Å². The Kier molecular flexibility index (Phi) is 4.93. The predicted molar refractivity (Wildman–Crippen MR) is 108 cm³/mol. The molecular weight excluding hydrogens is 354 g/mol. The standard InChI is InChI=1S/C20H25N7O/c1-4-5-10-26-11-12-27(13-16(26)28)20-17-14(2)24-25(3)19(17)22-18(23-20)15-6-8-21-9-7-15/h6-9H,4-5,10-13H2,1-3H3. The van der Waals surface area contributed by atoms with E-state index in [4.69, 9.17) is 9.97 Å². The number of carbonyl (C=O) groups is 1. The molecule has 0 unspecified atom stereocenters. The van der Waals surface area contributed by atoms with Crippen LogP contribution in [0.3, 0.4) is 0 Å². The first-order valence-electron chi connectivity index (χ1n) is 9.73. The Morgan fingerprint density at radius 2 is 1.93 bits per heavy atom. The largest absolute Gasteiger partial charge is 0.345 e. The second-order valence-electron chi connectivity index (χ2n) is 7.17. The van der Waals surface area contributed by atoms with Crippen molar-refractivity contribution >= 4 is 22.8 Å². The number of rotatable bonds is 5. The van der Waals surface area contributed by atoms with Crippen LogP contribution in [0.1, 0.15) is 25.5 Å². The molecule has 0 aliphatic carbocycles. The van der Waals surface area contributed by atoms with E-state index in [-0.39, 0.29) is 5.91 Å². The number of amides is 1. The van der Waals surface area contributed by atoms with Gasteiger partial charge in [-0.3, -0.25) is 14.5 Å². The zero-order valence-electron chi connectivity index (χ0n) is 16.6. The predicted octanol–water partition coefficient (Wildman–Crippen LogP) is 2.18. The normalized spacial score (nSPS) is 14.9. The highest BCUT2D eigenvalue weighted by Crippen LogP contribution is 2.30. The lowest BCUT2D eigenvalue weighted by molar-refractivity contribution is -0.131. The van der Waals surface area contributed by atoms with E-state index in [2.05, 4.69) is 21.9 Å². The van der Waals surface area contributed by atoms with Crippen LogP contribution in [0.25, 0.3) is 22.4 Å². The summed E-state index contributed by atoms with van der Waals surface area (Å²) in [5.74, 6) is 1.55. The van der Waals surface area contributed by atoms with Crippen LogP contribution < -0.4 is 4.90 Å². The molecule has 0 radical (unpaired) electrons. The molecule has 0 atom stereocenters. The van der Waals surface area contributed by atoms with Gasteiger partial charge in [-0.1, -0.05) is 13.3 Å². The minimum absolute atomic E-state index is 0.151. The molecule has 0 saturated carbocycles. The Bertz CT molecular complexity index is 999. The molecule has 8 heteroatoms. The number of aryl methyl sites for hydroxylation is 2. The number of hydrogen-bond acceptors (Lipinski definition) is 6. The molecule has 1 aliphatic rings. The van der Waals surface area contributed by atoms with Gasteiger partial charge in [0.15, 0.2) is 11.5 Å². The summed E-state index contributed by atoms with van der Waals surface area (Å²) in [6, 6.07) is 3.78. The molecule has 146 valence electrons. The Balaban J connectivity index is 1.75. The van der Waals surface area contributed by atoms with Crippen molar-refractivity contribution in [2.24, 2.45) is 7.05 Å². The fourth-order valence-corrected chi connectivity index (χ4v) is 3.65. The Hall–Kier alpha value is -3.03. The molecule has 8 nitrogen and oxygen atoms in total. The third-order valence-electron chi connectivity index (χ3n) is 5.18. The van der Waals surface area contributed by atoms with Gasteiger partial charge in [-0.25, -0.2) is 9.97 Å². The Labute approximate surface area is 164 Å². The molecule has 4 rings (SSSR count). The third-order valence-corrected chi connectivity index (χ3v) is 5.18. The summed E-state index contributed by atoms with van der Waals surface area (Å²) < 4.78 is 1.78. The monoisotopic (exact) mass is 379 g/mol. The quantitative estimate of drug-likeness (QED) is 0.676. The smallest absolute Gasteiger partial charge is 0.242 e. The van der Waals surface area contributed by atoms with Gasteiger partial charge in [0.05, 0.1) is 17.6 Å². The number of carbonyl (C=O) groups excluding carboxylic acids is 1. The van der Waals surface area contributed by atoms with Gasteiger partial charge in [0.25, 0.3) is 0 Å². The van der Waals surface area contributed by atoms with Crippen molar-refractivity contribution in [3.05, 3.63) is 30.2 Å². The molecule has 4 heterocycles. The van der Waals surface area contributed by atoms with Crippen molar-refractivity contribution < 1.29 is 4.79 Å². The topological polar surface area (TPSA) is 80.0 Å². The van der Waals surface area contributed by atoms with Crippen molar-refractivity contribution in [1.29, 1.82) is 0 Å². The molecule has 3 aromatic rings. The van der Waals surface area contributed by atoms with Crippen LogP contribution >= 0.6 is 0 Å². The van der Waals surface area contributed by atoms with Gasteiger partial charge in [-0.05, 0) is 25.5 Å². The minimum Gasteiger partial charge on any atom is -0.345 e. The summed E-state index contributed by atoms with van der Waals surface area (Å²) in [4.78, 5) is 30.4. The summed E-state index contributed by atoms with van der Waals surface area (Å²) >= 11 is 0. The maximum absolute atomic E-state index is 12.7. The lowest BCUT2D eigenvalue weighted by Gasteiger charge is -2.35. The molecular formula is C20H25N7O. The van der Waals surface area contributed by atoms with Gasteiger partial charge >= 0.3 is 0 Å². The summed E-state index contributed by atoms with van der Waals surface area (Å²) in [6.07, 6.45) is 5.59. The number of piperazine rings is 1. The van der Waals surface area contributed by atoms with Crippen LogP contribution in [0.5, 0.6) is 0 Å². The van der Waals surface area contributed by atoms with E-state index in [1.807, 2.05) is 31.0 Å². The number of unbranched alkanes of at least 4 members (excludes halogenated alkanes) is 1. The fourth-order valence-electron chi connectivity index (χ4n) is 3.65. The first-order chi connectivity index (χ1) is 13.6. The second-order valence-corrected chi connectivity index (χ2v) is 7.17. The lowest BCUT2D eigenvalue weighted by atomic mass is 10.2. The SMILES string of the molecule is CCCCN1CCN(c2nc(-c3ccncc3)nc3c2c(C)nn3C)CC1=O. The first-order valence-corrected chi connectivity index (χ1v) is 9.73. The van der Waals surface area contributed by atoms with Gasteiger partial charge in [-0.2, -0.15) is 5.10 Å². The van der Waals surface area contributed by atoms with E-state index in [1.165, 1.54) is 0 Å². The zero-order chi connectivity index (χ0) is 19.7. The van der Waals surface area contributed by atoms with Crippen LogP contribution in [0, 0.1) is 6.92 Å². The molecule has 1 aliphatic heterocycles. The lowest BCUT2D eigenvalue weighted by Crippen LogP contribution is -2.51. The van der Waals surface area contributed by atoms with E-state index in [1.54, 1.807) is 17.1 Å². The van der Waals surface area contributed by atoms with Crippen molar-refractivity contribution in [3.63, 3.8) is 0 Å². The number of nitrogens with zero attached hydrogens (tertiary/aromatic N) is 7. The Morgan fingerprint density at radius 1 is 1.14 bits per heavy atom. The summed E-state index contributed by atoms with van der Waals surface area (Å²) in [7, 11) is 1.89. The zero-order valence-corrected chi connectivity index (χ0v) is 16.6. The number of aromatic nitrogens is 5. The molecule has 0 spiro atoms. The van der Waals surface area contributed by atoms with E-state index < -0.39 is 0 Å². The van der Waals surface area contributed by atoms with Gasteiger partial charge in [-0.15, -0.1) is 0 Å². The van der Waals surface area contributed by atoms with Crippen LogP contribution in [-0.4, -0.2) is 61.7 Å². The number of pyridine rings is 1. The maximum atomic E-state index is 12.7. The second kappa shape index (κ2) is 7.53. The highest BCUT2D eigenvalue weighted by atomic mass is 16.2. The minimum atomic E-state index is 0.151. The average molecular weight is 379 g/mol. The van der Waals surface area contributed by atoms with Crippen molar-refractivity contribution in [1.82, 2.24) is 29.6 Å². The van der Waals surface area contributed by atoms with E-state index in [0.29, 0.717) is 18.9 Å². The molecule has 1 saturated heterocycles. The van der Waals surface area contributed by atoms with Gasteiger partial charge in [0, 0.05) is 44.6 Å². The van der Waals surface area contributed by atoms with Crippen LogP contribution in [0.2, 0.25) is 0 Å². The maximum Gasteiger partial charge on any atom is 0.242 e. The highest BCUT2D eigenvalue weighted by molar-refractivity contribution is 5.93. The van der Waals surface area contributed by atoms with Gasteiger partial charge in [0.2, 0.25) is 5.91 Å². The van der Waals surface area contributed by atoms with Crippen molar-refractivity contribution in [2.75, 3.05) is 31.1 Å². The fraction of sp³-hybridized carbons (Fsp3) is 0.450. The van der Waals surface area contributed by atoms with Crippen molar-refractivity contribution in [3.8, 4) is 11.4 Å². The molecule has 1 fully saturated rings. The third kappa shape index (κ3) is 3.30. The summed E-state index contributed by atoms with van der Waals surface area (Å²) in [5.41, 5.74) is 2.54. The molecule has 0 N–H and O–H groups in total. The molecule has 0 bridgehead atoms. The van der Waals surface area contributed by atoms with Crippen LogP contribution in [-0.2, 0) is 11.8 Å². The molecule has 3 aromatic heterocycles. The number of anilines is 1. The average Bonchev–Trinajstić information content (AvgIpc) is 3.01. The van der Waals surface area contributed by atoms with Crippen molar-refractivity contribution in [2.45, 2.75) is 26.7 Å². The van der Waals surface area contributed by atoms with E-state index in [0.717, 1.165) is 54.0 Å². The molecule has 0 aromatic carbocycles. The summed E-state index contributed by atoms with van der Waals surface area (Å²) in [6.45, 7) is 6.74. The van der Waals surface area contributed by atoms with E-state index in [9.17, 15) is 4.79 Å². The van der Waals surface area contributed by atoms with Gasteiger partial charge in [0.1, 0.15) is 5.82 Å². The Morgan fingerprint density at radius 3 is 2.64 bits per heavy atom. The number of fused-ring (bicyclic) bond motifs is 1. The van der Waals surface area contributed by atoms with Crippen LogP contribution in [0.15, 0.2) is 24.5 Å². The summed E-state index contributed by atoms with van der Waals surface area (Å²) in [5, 5.41) is 5.45. The highest BCUT2D eigenvalue weighted by Gasteiger charge is 2.27. The van der Waals surface area contributed by atoms with E-state index >= 15 is 0 Å². The molecule has 28 heavy (non-hydrogen) atoms. The molecule has 1 amide bonds. The van der Waals surface area contributed by atoms with Gasteiger partial charge < -0.3 is 9.80 Å². The number of hydrogen-bond donors (Lipinski definition) is 0.